The molecule has 1 aromatic rings. The fraction of sp³-hybridized carbons (Fsp3) is 0.500. The van der Waals surface area contributed by atoms with E-state index < -0.39 is 6.04 Å². The summed E-state index contributed by atoms with van der Waals surface area (Å²) in [5.41, 5.74) is 6.55. The number of halogens is 2. The monoisotopic (exact) mass is 302 g/mol. The Morgan fingerprint density at radius 1 is 1.37 bits per heavy atom. The Morgan fingerprint density at radius 3 is 2.42 bits per heavy atom. The molecule has 0 saturated carbocycles. The summed E-state index contributed by atoms with van der Waals surface area (Å²) in [6.07, 6.45) is 0. The van der Waals surface area contributed by atoms with Crippen LogP contribution in [0.15, 0.2) is 18.2 Å². The number of hydrogen-bond acceptors (Lipinski definition) is 2. The minimum Gasteiger partial charge on any atom is -0.340 e. The highest BCUT2D eigenvalue weighted by atomic mass is 35.5. The molecule has 1 amide bonds. The van der Waals surface area contributed by atoms with E-state index >= 15 is 0 Å². The average Bonchev–Trinajstić information content (AvgIpc) is 2.29. The summed E-state index contributed by atoms with van der Waals surface area (Å²) in [4.78, 5) is 13.8. The van der Waals surface area contributed by atoms with Gasteiger partial charge in [-0.2, -0.15) is 0 Å². The Morgan fingerprint density at radius 2 is 1.95 bits per heavy atom. The summed E-state index contributed by atoms with van der Waals surface area (Å²) in [7, 11) is 1.72. The Hall–Kier alpha value is -0.770. The third-order valence-corrected chi connectivity index (χ3v) is 3.58. The van der Waals surface area contributed by atoms with E-state index in [1.807, 2.05) is 26.8 Å². The van der Waals surface area contributed by atoms with Crippen LogP contribution in [0.25, 0.3) is 0 Å². The lowest BCUT2D eigenvalue weighted by Crippen LogP contribution is -2.48. The topological polar surface area (TPSA) is 46.3 Å². The van der Waals surface area contributed by atoms with Gasteiger partial charge in [-0.15, -0.1) is 0 Å². The van der Waals surface area contributed by atoms with Crippen LogP contribution in [0.2, 0.25) is 10.0 Å². The van der Waals surface area contributed by atoms with Crippen LogP contribution in [-0.4, -0.2) is 23.9 Å². The van der Waals surface area contributed by atoms with E-state index in [0.29, 0.717) is 16.6 Å². The van der Waals surface area contributed by atoms with Crippen LogP contribution in [0.4, 0.5) is 0 Å². The highest BCUT2D eigenvalue weighted by Crippen LogP contribution is 2.23. The predicted octanol–water partition coefficient (Wildman–Crippen LogP) is 3.33. The van der Waals surface area contributed by atoms with Crippen molar-refractivity contribution in [1.29, 1.82) is 0 Å². The van der Waals surface area contributed by atoms with Crippen molar-refractivity contribution in [3.63, 3.8) is 0 Å². The second kappa shape index (κ2) is 6.12. The summed E-state index contributed by atoms with van der Waals surface area (Å²) in [6.45, 7) is 6.24. The lowest BCUT2D eigenvalue weighted by Gasteiger charge is -2.30. The molecule has 0 aliphatic carbocycles. The first-order valence-corrected chi connectivity index (χ1v) is 6.83. The van der Waals surface area contributed by atoms with E-state index in [0.717, 1.165) is 5.56 Å². The summed E-state index contributed by atoms with van der Waals surface area (Å²) in [6, 6.07) is 4.70. The molecule has 0 radical (unpaired) electrons. The molecule has 0 aliphatic heterocycles. The second-order valence-electron chi connectivity index (χ2n) is 5.77. The number of carbonyl (C=O) groups excluding carboxylic acids is 1. The molecule has 106 valence electrons. The minimum absolute atomic E-state index is 0.0986. The van der Waals surface area contributed by atoms with Gasteiger partial charge in [0.2, 0.25) is 5.91 Å². The number of nitrogens with two attached hydrogens (primary N) is 1. The Balaban J connectivity index is 2.79. The van der Waals surface area contributed by atoms with E-state index in [2.05, 4.69) is 0 Å². The van der Waals surface area contributed by atoms with Gasteiger partial charge in [0.15, 0.2) is 0 Å². The Kier molecular flexibility index (Phi) is 5.25. The number of amides is 1. The van der Waals surface area contributed by atoms with Gasteiger partial charge in [-0.1, -0.05) is 50.0 Å². The molecule has 0 aliphatic rings. The molecule has 1 rings (SSSR count). The average molecular weight is 303 g/mol. The zero-order valence-electron chi connectivity index (χ0n) is 11.7. The molecule has 2 N–H and O–H groups in total. The van der Waals surface area contributed by atoms with Crippen LogP contribution in [0.5, 0.6) is 0 Å². The largest absolute Gasteiger partial charge is 0.340 e. The van der Waals surface area contributed by atoms with Crippen molar-refractivity contribution in [3.8, 4) is 0 Å². The maximum absolute atomic E-state index is 12.2. The molecule has 19 heavy (non-hydrogen) atoms. The molecule has 1 aromatic carbocycles. The van der Waals surface area contributed by atoms with Crippen molar-refractivity contribution in [2.75, 3.05) is 7.05 Å². The van der Waals surface area contributed by atoms with Crippen molar-refractivity contribution in [3.05, 3.63) is 33.8 Å². The first-order chi connectivity index (χ1) is 8.62. The minimum atomic E-state index is -0.538. The molecule has 0 aromatic heterocycles. The zero-order chi connectivity index (χ0) is 14.8. The van der Waals surface area contributed by atoms with Gasteiger partial charge in [-0.25, -0.2) is 0 Å². The maximum Gasteiger partial charge on any atom is 0.240 e. The molecule has 0 heterocycles. The molecule has 1 atom stereocenters. The van der Waals surface area contributed by atoms with Crippen molar-refractivity contribution < 1.29 is 4.79 Å². The smallest absolute Gasteiger partial charge is 0.240 e. The van der Waals surface area contributed by atoms with Gasteiger partial charge in [-0.3, -0.25) is 4.79 Å². The predicted molar refractivity (Wildman–Crippen MR) is 80.4 cm³/mol. The molecule has 0 fully saturated rings. The van der Waals surface area contributed by atoms with E-state index in [9.17, 15) is 4.79 Å². The fourth-order valence-corrected chi connectivity index (χ4v) is 2.06. The van der Waals surface area contributed by atoms with Crippen LogP contribution in [0.3, 0.4) is 0 Å². The molecule has 0 saturated heterocycles. The van der Waals surface area contributed by atoms with Gasteiger partial charge in [-0.05, 0) is 23.1 Å². The van der Waals surface area contributed by atoms with Crippen molar-refractivity contribution in [2.24, 2.45) is 11.1 Å². The van der Waals surface area contributed by atoms with E-state index in [1.165, 1.54) is 0 Å². The maximum atomic E-state index is 12.2. The number of likely N-dealkylation sites (N-methyl/N-ethyl adjacent to an activating group) is 1. The first-order valence-electron chi connectivity index (χ1n) is 6.07. The molecule has 0 bridgehead atoms. The third kappa shape index (κ3) is 4.37. The van der Waals surface area contributed by atoms with Gasteiger partial charge in [0, 0.05) is 23.6 Å². The number of rotatable bonds is 3. The number of hydrogen-bond donors (Lipinski definition) is 1. The third-order valence-electron chi connectivity index (χ3n) is 3.00. The van der Waals surface area contributed by atoms with Crippen LogP contribution in [-0.2, 0) is 11.3 Å². The second-order valence-corrected chi connectivity index (χ2v) is 6.62. The first kappa shape index (κ1) is 16.3. The molecule has 3 nitrogen and oxygen atoms in total. The zero-order valence-corrected chi connectivity index (χ0v) is 13.2. The lowest BCUT2D eigenvalue weighted by molar-refractivity contribution is -0.134. The number of benzene rings is 1. The van der Waals surface area contributed by atoms with Crippen molar-refractivity contribution >= 4 is 29.1 Å². The Bertz CT molecular complexity index is 469. The Labute approximate surface area is 124 Å². The van der Waals surface area contributed by atoms with Gasteiger partial charge in [0.05, 0.1) is 6.04 Å². The highest BCUT2D eigenvalue weighted by Gasteiger charge is 2.29. The highest BCUT2D eigenvalue weighted by molar-refractivity contribution is 6.35. The molecule has 5 heteroatoms. The molecular formula is C14H20Cl2N2O. The standard InChI is InChI=1S/C14H20Cl2N2O/c1-14(2,3)12(17)13(19)18(4)8-9-5-6-10(15)7-11(9)16/h5-7,12H,8,17H2,1-4H3/t12-/m1/s1. The summed E-state index contributed by atoms with van der Waals surface area (Å²) in [5.74, 6) is -0.0986. The van der Waals surface area contributed by atoms with E-state index in [-0.39, 0.29) is 11.3 Å². The number of carbonyl (C=O) groups is 1. The molecular weight excluding hydrogens is 283 g/mol. The number of nitrogens with zero attached hydrogens (tertiary/aromatic N) is 1. The van der Waals surface area contributed by atoms with Gasteiger partial charge in [0.25, 0.3) is 0 Å². The SMILES string of the molecule is CN(Cc1ccc(Cl)cc1Cl)C(=O)[C@@H](N)C(C)(C)C. The molecule has 0 unspecified atom stereocenters. The van der Waals surface area contributed by atoms with Gasteiger partial charge in [0.1, 0.15) is 0 Å². The van der Waals surface area contributed by atoms with E-state index in [1.54, 1.807) is 24.1 Å². The van der Waals surface area contributed by atoms with Crippen LogP contribution in [0, 0.1) is 5.41 Å². The summed E-state index contributed by atoms with van der Waals surface area (Å²) in [5, 5.41) is 1.13. The fourth-order valence-electron chi connectivity index (χ4n) is 1.59. The lowest BCUT2D eigenvalue weighted by atomic mass is 9.86. The van der Waals surface area contributed by atoms with Crippen LogP contribution in [0.1, 0.15) is 26.3 Å². The summed E-state index contributed by atoms with van der Waals surface area (Å²) < 4.78 is 0. The van der Waals surface area contributed by atoms with Crippen molar-refractivity contribution in [1.82, 2.24) is 4.90 Å². The normalized spacial score (nSPS) is 13.2. The van der Waals surface area contributed by atoms with Gasteiger partial charge >= 0.3 is 0 Å². The molecule has 0 spiro atoms. The van der Waals surface area contributed by atoms with Crippen molar-refractivity contribution in [2.45, 2.75) is 33.4 Å². The van der Waals surface area contributed by atoms with Crippen LogP contribution >= 0.6 is 23.2 Å². The van der Waals surface area contributed by atoms with Gasteiger partial charge < -0.3 is 10.6 Å². The summed E-state index contributed by atoms with van der Waals surface area (Å²) >= 11 is 11.9. The van der Waals surface area contributed by atoms with E-state index in [4.69, 9.17) is 28.9 Å². The quantitative estimate of drug-likeness (QED) is 0.931. The van der Waals surface area contributed by atoms with Crippen LogP contribution < -0.4 is 5.73 Å².